The molecule has 0 saturated heterocycles. The maximum atomic E-state index is 11.7. The summed E-state index contributed by atoms with van der Waals surface area (Å²) in [6.45, 7) is 0.395. The normalized spacial score (nSPS) is 11.2. The van der Waals surface area contributed by atoms with E-state index in [1.165, 1.54) is 11.3 Å². The molecule has 0 bridgehead atoms. The summed E-state index contributed by atoms with van der Waals surface area (Å²) in [5, 5.41) is 9.62. The first kappa shape index (κ1) is 14.7. The van der Waals surface area contributed by atoms with Crippen LogP contribution < -0.4 is 10.5 Å². The number of sulfonamides is 1. The minimum atomic E-state index is -3.51. The standard InChI is InChI=1S/C13H14N2O3S2/c14-20(17,18)9-11-5-3-10(4-6-11)8-15-13(16)12-2-1-7-19-12/h1-7H,8-9H2,(H,15,16)(H2,14,17,18). The van der Waals surface area contributed by atoms with Gasteiger partial charge >= 0.3 is 0 Å². The quantitative estimate of drug-likeness (QED) is 0.876. The number of carbonyl (C=O) groups is 1. The molecule has 0 saturated carbocycles. The number of amides is 1. The minimum Gasteiger partial charge on any atom is -0.347 e. The van der Waals surface area contributed by atoms with Crippen LogP contribution in [0.1, 0.15) is 20.8 Å². The summed E-state index contributed by atoms with van der Waals surface area (Å²) in [4.78, 5) is 12.4. The summed E-state index contributed by atoms with van der Waals surface area (Å²) in [7, 11) is -3.51. The van der Waals surface area contributed by atoms with E-state index in [9.17, 15) is 13.2 Å². The van der Waals surface area contributed by atoms with E-state index in [2.05, 4.69) is 5.32 Å². The highest BCUT2D eigenvalue weighted by Crippen LogP contribution is 2.10. The fraction of sp³-hybridized carbons (Fsp3) is 0.154. The Bertz CT molecular complexity index is 677. The van der Waals surface area contributed by atoms with Crippen LogP contribution >= 0.6 is 11.3 Å². The molecule has 2 rings (SSSR count). The monoisotopic (exact) mass is 310 g/mol. The van der Waals surface area contributed by atoms with Crippen molar-refractivity contribution in [2.45, 2.75) is 12.3 Å². The zero-order chi connectivity index (χ0) is 14.6. The zero-order valence-electron chi connectivity index (χ0n) is 10.6. The first-order valence-corrected chi connectivity index (χ1v) is 8.43. The predicted molar refractivity (Wildman–Crippen MR) is 78.7 cm³/mol. The van der Waals surface area contributed by atoms with Crippen molar-refractivity contribution >= 4 is 27.3 Å². The van der Waals surface area contributed by atoms with Crippen LogP contribution in [0.15, 0.2) is 41.8 Å². The molecule has 0 atom stereocenters. The van der Waals surface area contributed by atoms with Crippen molar-refractivity contribution in [3.8, 4) is 0 Å². The highest BCUT2D eigenvalue weighted by molar-refractivity contribution is 7.88. The molecule has 0 aliphatic heterocycles. The Balaban J connectivity index is 1.93. The van der Waals surface area contributed by atoms with Crippen molar-refractivity contribution in [2.24, 2.45) is 5.14 Å². The van der Waals surface area contributed by atoms with Crippen LogP contribution in [0.4, 0.5) is 0 Å². The molecular weight excluding hydrogens is 296 g/mol. The lowest BCUT2D eigenvalue weighted by atomic mass is 10.1. The lowest BCUT2D eigenvalue weighted by Crippen LogP contribution is -2.21. The Hall–Kier alpha value is -1.70. The number of primary sulfonamides is 1. The molecule has 1 aromatic carbocycles. The number of rotatable bonds is 5. The zero-order valence-corrected chi connectivity index (χ0v) is 12.2. The molecule has 3 N–H and O–H groups in total. The highest BCUT2D eigenvalue weighted by Gasteiger charge is 2.07. The summed E-state index contributed by atoms with van der Waals surface area (Å²) < 4.78 is 21.9. The summed E-state index contributed by atoms with van der Waals surface area (Å²) >= 11 is 1.38. The van der Waals surface area contributed by atoms with Gasteiger partial charge in [0.25, 0.3) is 5.91 Å². The van der Waals surface area contributed by atoms with E-state index < -0.39 is 10.0 Å². The number of nitrogens with two attached hydrogens (primary N) is 1. The second-order valence-electron chi connectivity index (χ2n) is 4.28. The number of thiophene rings is 1. The van der Waals surface area contributed by atoms with Crippen molar-refractivity contribution in [2.75, 3.05) is 0 Å². The topological polar surface area (TPSA) is 89.3 Å². The molecule has 106 valence electrons. The van der Waals surface area contributed by atoms with Crippen LogP contribution in [0.3, 0.4) is 0 Å². The van der Waals surface area contributed by atoms with E-state index in [0.717, 1.165) is 5.56 Å². The lowest BCUT2D eigenvalue weighted by Gasteiger charge is -2.05. The summed E-state index contributed by atoms with van der Waals surface area (Å²) in [6, 6.07) is 10.5. The molecule has 1 heterocycles. The van der Waals surface area contributed by atoms with E-state index in [1.807, 2.05) is 11.4 Å². The molecule has 1 amide bonds. The van der Waals surface area contributed by atoms with Crippen LogP contribution in [0, 0.1) is 0 Å². The van der Waals surface area contributed by atoms with Crippen LogP contribution in [-0.4, -0.2) is 14.3 Å². The summed E-state index contributed by atoms with van der Waals surface area (Å²) in [6.07, 6.45) is 0. The first-order chi connectivity index (χ1) is 9.44. The molecule has 2 aromatic rings. The molecule has 7 heteroatoms. The van der Waals surface area contributed by atoms with Crippen LogP contribution in [0.2, 0.25) is 0 Å². The number of carbonyl (C=O) groups excluding carboxylic acids is 1. The van der Waals surface area contributed by atoms with E-state index in [-0.39, 0.29) is 11.7 Å². The SMILES string of the molecule is NS(=O)(=O)Cc1ccc(CNC(=O)c2cccs2)cc1. The smallest absolute Gasteiger partial charge is 0.261 e. The Morgan fingerprint density at radius 2 is 1.80 bits per heavy atom. The average Bonchev–Trinajstić information content (AvgIpc) is 2.89. The maximum absolute atomic E-state index is 11.7. The van der Waals surface area contributed by atoms with E-state index >= 15 is 0 Å². The third-order valence-corrected chi connectivity index (χ3v) is 4.19. The number of hydrogen-bond donors (Lipinski definition) is 2. The van der Waals surface area contributed by atoms with Crippen molar-refractivity contribution in [3.05, 3.63) is 57.8 Å². The van der Waals surface area contributed by atoms with Crippen LogP contribution in [0.5, 0.6) is 0 Å². The van der Waals surface area contributed by atoms with Gasteiger partial charge in [-0.05, 0) is 22.6 Å². The van der Waals surface area contributed by atoms with Crippen LogP contribution in [-0.2, 0) is 22.3 Å². The number of nitrogens with one attached hydrogen (secondary N) is 1. The fourth-order valence-corrected chi connectivity index (χ4v) is 2.96. The summed E-state index contributed by atoms with van der Waals surface area (Å²) in [5.41, 5.74) is 1.52. The van der Waals surface area contributed by atoms with Gasteiger partial charge in [0.1, 0.15) is 0 Å². The molecule has 0 radical (unpaired) electrons. The van der Waals surface area contributed by atoms with Gasteiger partial charge in [0.2, 0.25) is 10.0 Å². The van der Waals surface area contributed by atoms with Gasteiger partial charge in [-0.3, -0.25) is 4.79 Å². The second-order valence-corrected chi connectivity index (χ2v) is 6.85. The van der Waals surface area contributed by atoms with Crippen molar-refractivity contribution in [1.82, 2.24) is 5.32 Å². The van der Waals surface area contributed by atoms with Crippen molar-refractivity contribution in [3.63, 3.8) is 0 Å². The van der Waals surface area contributed by atoms with E-state index in [0.29, 0.717) is 17.0 Å². The van der Waals surface area contributed by atoms with Crippen LogP contribution in [0.25, 0.3) is 0 Å². The predicted octanol–water partition coefficient (Wildman–Crippen LogP) is 1.47. The van der Waals surface area contributed by atoms with Gasteiger partial charge in [0, 0.05) is 6.54 Å². The number of hydrogen-bond acceptors (Lipinski definition) is 4. The molecule has 0 fully saturated rings. The Morgan fingerprint density at radius 1 is 1.15 bits per heavy atom. The fourth-order valence-electron chi connectivity index (χ4n) is 1.66. The van der Waals surface area contributed by atoms with Gasteiger partial charge in [-0.2, -0.15) is 0 Å². The molecule has 5 nitrogen and oxygen atoms in total. The average molecular weight is 310 g/mol. The van der Waals surface area contributed by atoms with Gasteiger partial charge in [-0.15, -0.1) is 11.3 Å². The van der Waals surface area contributed by atoms with Crippen molar-refractivity contribution < 1.29 is 13.2 Å². The van der Waals surface area contributed by atoms with Gasteiger partial charge in [0.05, 0.1) is 10.6 Å². The van der Waals surface area contributed by atoms with Gasteiger partial charge < -0.3 is 5.32 Å². The van der Waals surface area contributed by atoms with Gasteiger partial charge in [-0.1, -0.05) is 30.3 Å². The Kier molecular flexibility index (Phi) is 4.53. The minimum absolute atomic E-state index is 0.117. The molecule has 0 spiro atoms. The Labute approximate surface area is 121 Å². The van der Waals surface area contributed by atoms with E-state index in [1.54, 1.807) is 30.3 Å². The Morgan fingerprint density at radius 3 is 2.35 bits per heavy atom. The van der Waals surface area contributed by atoms with Crippen molar-refractivity contribution in [1.29, 1.82) is 0 Å². The second kappa shape index (κ2) is 6.17. The lowest BCUT2D eigenvalue weighted by molar-refractivity contribution is 0.0955. The molecular formula is C13H14N2O3S2. The van der Waals surface area contributed by atoms with Gasteiger partial charge in [0.15, 0.2) is 0 Å². The molecule has 0 aliphatic carbocycles. The molecule has 20 heavy (non-hydrogen) atoms. The maximum Gasteiger partial charge on any atom is 0.261 e. The van der Waals surface area contributed by atoms with E-state index in [4.69, 9.17) is 5.14 Å². The third-order valence-electron chi connectivity index (χ3n) is 2.59. The summed E-state index contributed by atoms with van der Waals surface area (Å²) in [5.74, 6) is -0.303. The molecule has 1 aromatic heterocycles. The highest BCUT2D eigenvalue weighted by atomic mass is 32.2. The largest absolute Gasteiger partial charge is 0.347 e. The number of benzene rings is 1. The first-order valence-electron chi connectivity index (χ1n) is 5.84. The molecule has 0 aliphatic rings. The van der Waals surface area contributed by atoms with Gasteiger partial charge in [-0.25, -0.2) is 13.6 Å². The third kappa shape index (κ3) is 4.44. The molecule has 0 unspecified atom stereocenters.